The van der Waals surface area contributed by atoms with E-state index in [1.165, 1.54) is 23.4 Å². The van der Waals surface area contributed by atoms with Gasteiger partial charge in [0.05, 0.1) is 17.1 Å². The number of amides is 1. The van der Waals surface area contributed by atoms with E-state index in [1.807, 2.05) is 6.07 Å². The Labute approximate surface area is 179 Å². The van der Waals surface area contributed by atoms with E-state index in [1.54, 1.807) is 54.6 Å². The molecule has 0 aliphatic carbocycles. The molecular weight excluding hydrogens is 431 g/mol. The maximum Gasteiger partial charge on any atom is 0.264 e. The molecule has 8 heteroatoms. The first-order valence-electron chi connectivity index (χ1n) is 8.66. The number of hydrogen-bond acceptors (Lipinski definition) is 3. The number of carbonyl (C=O) groups excluding carboxylic acids is 1. The van der Waals surface area contributed by atoms with Crippen LogP contribution >= 0.6 is 23.2 Å². The molecule has 0 fully saturated rings. The van der Waals surface area contributed by atoms with E-state index in [4.69, 9.17) is 23.2 Å². The summed E-state index contributed by atoms with van der Waals surface area (Å²) >= 11 is 12.0. The summed E-state index contributed by atoms with van der Waals surface area (Å²) in [7, 11) is -3.89. The van der Waals surface area contributed by atoms with Crippen molar-refractivity contribution in [2.24, 2.45) is 0 Å². The highest BCUT2D eigenvalue weighted by atomic mass is 35.5. The Kier molecular flexibility index (Phi) is 6.47. The highest BCUT2D eigenvalue weighted by Gasteiger charge is 2.25. The smallest absolute Gasteiger partial charge is 0.264 e. The second-order valence-corrected chi connectivity index (χ2v) is 9.06. The number of anilines is 2. The van der Waals surface area contributed by atoms with Crippen molar-refractivity contribution in [2.45, 2.75) is 18.4 Å². The Bertz CT molecular complexity index is 1120. The SMILES string of the molecule is CC(=O)Nc1ccc(S(=O)(=O)N(Cc2cccc(Cl)c2)c2ccc(Cl)cc2)cc1. The first-order chi connectivity index (χ1) is 13.8. The van der Waals surface area contributed by atoms with Gasteiger partial charge in [-0.05, 0) is 66.2 Å². The van der Waals surface area contributed by atoms with Crippen molar-refractivity contribution < 1.29 is 13.2 Å². The topological polar surface area (TPSA) is 66.5 Å². The Morgan fingerprint density at radius 2 is 1.59 bits per heavy atom. The number of carbonyl (C=O) groups is 1. The van der Waals surface area contributed by atoms with Crippen molar-refractivity contribution in [3.05, 3.63) is 88.4 Å². The molecule has 0 unspecified atom stereocenters. The van der Waals surface area contributed by atoms with Gasteiger partial charge in [0.25, 0.3) is 10.0 Å². The molecule has 0 saturated carbocycles. The fourth-order valence-electron chi connectivity index (χ4n) is 2.76. The minimum Gasteiger partial charge on any atom is -0.326 e. The van der Waals surface area contributed by atoms with Gasteiger partial charge in [-0.15, -0.1) is 0 Å². The number of sulfonamides is 1. The molecule has 0 atom stereocenters. The third kappa shape index (κ3) is 5.29. The molecule has 0 spiro atoms. The highest BCUT2D eigenvalue weighted by molar-refractivity contribution is 7.92. The Hall–Kier alpha value is -2.54. The number of nitrogens with one attached hydrogen (secondary N) is 1. The zero-order chi connectivity index (χ0) is 21.0. The molecule has 29 heavy (non-hydrogen) atoms. The van der Waals surface area contributed by atoms with Crippen molar-refractivity contribution in [1.82, 2.24) is 0 Å². The van der Waals surface area contributed by atoms with E-state index in [-0.39, 0.29) is 17.3 Å². The van der Waals surface area contributed by atoms with Crippen LogP contribution in [0.25, 0.3) is 0 Å². The number of rotatable bonds is 6. The summed E-state index contributed by atoms with van der Waals surface area (Å²) in [5.74, 6) is -0.232. The van der Waals surface area contributed by atoms with Crippen LogP contribution in [0.1, 0.15) is 12.5 Å². The lowest BCUT2D eigenvalue weighted by Crippen LogP contribution is -2.30. The Morgan fingerprint density at radius 1 is 0.931 bits per heavy atom. The van der Waals surface area contributed by atoms with Gasteiger partial charge in [-0.25, -0.2) is 8.42 Å². The van der Waals surface area contributed by atoms with Crippen LogP contribution in [0.4, 0.5) is 11.4 Å². The van der Waals surface area contributed by atoms with Crippen LogP contribution < -0.4 is 9.62 Å². The molecule has 0 heterocycles. The number of benzene rings is 3. The first kappa shape index (κ1) is 21.2. The summed E-state index contributed by atoms with van der Waals surface area (Å²) in [6.45, 7) is 1.48. The van der Waals surface area contributed by atoms with E-state index < -0.39 is 10.0 Å². The fraction of sp³-hybridized carbons (Fsp3) is 0.0952. The second-order valence-electron chi connectivity index (χ2n) is 6.32. The van der Waals surface area contributed by atoms with Crippen molar-refractivity contribution in [1.29, 1.82) is 0 Å². The molecule has 5 nitrogen and oxygen atoms in total. The minimum absolute atomic E-state index is 0.0952. The Morgan fingerprint density at radius 3 is 2.17 bits per heavy atom. The van der Waals surface area contributed by atoms with Gasteiger partial charge in [-0.3, -0.25) is 9.10 Å². The molecule has 0 saturated heterocycles. The summed E-state index contributed by atoms with van der Waals surface area (Å²) in [4.78, 5) is 11.3. The lowest BCUT2D eigenvalue weighted by molar-refractivity contribution is -0.114. The molecule has 0 aliphatic rings. The van der Waals surface area contributed by atoms with E-state index in [0.717, 1.165) is 5.56 Å². The molecule has 0 aliphatic heterocycles. The summed E-state index contributed by atoms with van der Waals surface area (Å²) < 4.78 is 28.1. The van der Waals surface area contributed by atoms with Gasteiger partial charge in [0.1, 0.15) is 0 Å². The molecule has 3 aromatic carbocycles. The fourth-order valence-corrected chi connectivity index (χ4v) is 4.56. The molecule has 0 aromatic heterocycles. The van der Waals surface area contributed by atoms with Crippen LogP contribution in [0.2, 0.25) is 10.0 Å². The quantitative estimate of drug-likeness (QED) is 0.552. The van der Waals surface area contributed by atoms with E-state index in [9.17, 15) is 13.2 Å². The third-order valence-electron chi connectivity index (χ3n) is 4.09. The maximum absolute atomic E-state index is 13.4. The van der Waals surface area contributed by atoms with E-state index in [2.05, 4.69) is 5.32 Å². The standard InChI is InChI=1S/C21H18Cl2N2O3S/c1-15(26)24-19-7-11-21(12-8-19)29(27,28)25(20-9-5-17(22)6-10-20)14-16-3-2-4-18(23)13-16/h2-13H,14H2,1H3,(H,24,26). The monoisotopic (exact) mass is 448 g/mol. The van der Waals surface area contributed by atoms with Crippen LogP contribution in [0, 0.1) is 0 Å². The molecular formula is C21H18Cl2N2O3S. The Balaban J connectivity index is 2.01. The first-order valence-corrected chi connectivity index (χ1v) is 10.9. The third-order valence-corrected chi connectivity index (χ3v) is 6.37. The largest absolute Gasteiger partial charge is 0.326 e. The molecule has 0 radical (unpaired) electrons. The van der Waals surface area contributed by atoms with Crippen LogP contribution in [0.15, 0.2) is 77.7 Å². The lowest BCUT2D eigenvalue weighted by atomic mass is 10.2. The van der Waals surface area contributed by atoms with E-state index >= 15 is 0 Å². The normalized spacial score (nSPS) is 11.1. The van der Waals surface area contributed by atoms with Crippen LogP contribution in [0.3, 0.4) is 0 Å². The van der Waals surface area contributed by atoms with Gasteiger partial charge >= 0.3 is 0 Å². The molecule has 3 rings (SSSR count). The predicted molar refractivity (Wildman–Crippen MR) is 117 cm³/mol. The summed E-state index contributed by atoms with van der Waals surface area (Å²) in [5, 5.41) is 3.65. The number of hydrogen-bond donors (Lipinski definition) is 1. The van der Waals surface area contributed by atoms with E-state index in [0.29, 0.717) is 21.4 Å². The summed E-state index contributed by atoms with van der Waals surface area (Å²) in [5.41, 5.74) is 1.73. The molecule has 1 N–H and O–H groups in total. The van der Waals surface area contributed by atoms with Crippen molar-refractivity contribution in [3.8, 4) is 0 Å². The van der Waals surface area contributed by atoms with Gasteiger partial charge in [0.2, 0.25) is 5.91 Å². The van der Waals surface area contributed by atoms with Gasteiger partial charge in [0, 0.05) is 22.7 Å². The molecule has 1 amide bonds. The average molecular weight is 449 g/mol. The van der Waals surface area contributed by atoms with Crippen LogP contribution in [-0.2, 0) is 21.4 Å². The number of nitrogens with zero attached hydrogens (tertiary/aromatic N) is 1. The molecule has 3 aromatic rings. The molecule has 150 valence electrons. The van der Waals surface area contributed by atoms with Gasteiger partial charge in [-0.1, -0.05) is 35.3 Å². The van der Waals surface area contributed by atoms with Gasteiger partial charge in [0.15, 0.2) is 0 Å². The average Bonchev–Trinajstić information content (AvgIpc) is 2.67. The molecule has 0 bridgehead atoms. The van der Waals surface area contributed by atoms with Gasteiger partial charge < -0.3 is 5.32 Å². The summed E-state index contributed by atoms with van der Waals surface area (Å²) in [6.07, 6.45) is 0. The van der Waals surface area contributed by atoms with Crippen molar-refractivity contribution in [2.75, 3.05) is 9.62 Å². The van der Waals surface area contributed by atoms with Gasteiger partial charge in [-0.2, -0.15) is 0 Å². The van der Waals surface area contributed by atoms with Crippen LogP contribution in [0.5, 0.6) is 0 Å². The summed E-state index contributed by atoms with van der Waals surface area (Å²) in [6, 6.07) is 19.6. The lowest BCUT2D eigenvalue weighted by Gasteiger charge is -2.25. The zero-order valence-corrected chi connectivity index (χ0v) is 17.8. The zero-order valence-electron chi connectivity index (χ0n) is 15.5. The minimum atomic E-state index is -3.89. The predicted octanol–water partition coefficient (Wildman–Crippen LogP) is 5.35. The second kappa shape index (κ2) is 8.86. The number of halogens is 2. The maximum atomic E-state index is 13.4. The van der Waals surface area contributed by atoms with Crippen molar-refractivity contribution >= 4 is 50.5 Å². The van der Waals surface area contributed by atoms with Crippen LogP contribution in [-0.4, -0.2) is 14.3 Å². The van der Waals surface area contributed by atoms with Crippen molar-refractivity contribution in [3.63, 3.8) is 0 Å². The highest BCUT2D eigenvalue weighted by Crippen LogP contribution is 2.28.